The lowest BCUT2D eigenvalue weighted by atomic mass is 9.99. The molecule has 1 aromatic rings. The van der Waals surface area contributed by atoms with Gasteiger partial charge in [0.15, 0.2) is 0 Å². The molecule has 0 aromatic carbocycles. The normalized spacial score (nSPS) is 24.2. The van der Waals surface area contributed by atoms with E-state index in [2.05, 4.69) is 14.9 Å². The van der Waals surface area contributed by atoms with Crippen LogP contribution in [0.15, 0.2) is 6.20 Å². The summed E-state index contributed by atoms with van der Waals surface area (Å²) < 4.78 is 3.56. The molecule has 1 atom stereocenters. The predicted molar refractivity (Wildman–Crippen MR) is 59.7 cm³/mol. The number of nitrogens with one attached hydrogen (secondary N) is 1. The van der Waals surface area contributed by atoms with Gasteiger partial charge in [-0.05, 0) is 23.7 Å². The summed E-state index contributed by atoms with van der Waals surface area (Å²) in [5.41, 5.74) is -1.13. The molecule has 0 aliphatic carbocycles. The van der Waals surface area contributed by atoms with E-state index in [0.717, 1.165) is 17.3 Å². The molecule has 86 valence electrons. The maximum atomic E-state index is 11.7. The highest BCUT2D eigenvalue weighted by Gasteiger charge is 2.43. The van der Waals surface area contributed by atoms with Crippen molar-refractivity contribution in [1.29, 1.82) is 0 Å². The van der Waals surface area contributed by atoms with Gasteiger partial charge in [0, 0.05) is 5.75 Å². The summed E-state index contributed by atoms with van der Waals surface area (Å²) in [5, 5.41) is 15.3. The van der Waals surface area contributed by atoms with Crippen LogP contribution in [0.5, 0.6) is 0 Å². The van der Waals surface area contributed by atoms with Gasteiger partial charge in [0.1, 0.15) is 10.4 Å². The fourth-order valence-electron chi connectivity index (χ4n) is 1.43. The summed E-state index contributed by atoms with van der Waals surface area (Å²) in [4.78, 5) is 23.2. The Balaban J connectivity index is 2.13. The molecular formula is C8H9N3O3S2. The van der Waals surface area contributed by atoms with Crippen LogP contribution in [-0.4, -0.2) is 43.6 Å². The van der Waals surface area contributed by atoms with Gasteiger partial charge in [0.05, 0.1) is 6.20 Å². The third-order valence-electron chi connectivity index (χ3n) is 2.37. The number of rotatable bonds is 3. The van der Waals surface area contributed by atoms with Crippen molar-refractivity contribution >= 4 is 35.2 Å². The second kappa shape index (κ2) is 4.38. The van der Waals surface area contributed by atoms with Crippen molar-refractivity contribution in [1.82, 2.24) is 14.9 Å². The van der Waals surface area contributed by atoms with Crippen LogP contribution in [0.25, 0.3) is 0 Å². The minimum Gasteiger partial charge on any atom is -0.479 e. The number of nitrogens with zero attached hydrogens (tertiary/aromatic N) is 2. The van der Waals surface area contributed by atoms with Gasteiger partial charge < -0.3 is 10.4 Å². The third kappa shape index (κ3) is 2.03. The molecule has 0 spiro atoms. The van der Waals surface area contributed by atoms with Gasteiger partial charge in [-0.2, -0.15) is 11.8 Å². The highest BCUT2D eigenvalue weighted by molar-refractivity contribution is 7.99. The van der Waals surface area contributed by atoms with Crippen LogP contribution in [0.3, 0.4) is 0 Å². The van der Waals surface area contributed by atoms with E-state index in [4.69, 9.17) is 5.11 Å². The average Bonchev–Trinajstić information content (AvgIpc) is 2.88. The van der Waals surface area contributed by atoms with Crippen molar-refractivity contribution in [2.45, 2.75) is 12.0 Å². The van der Waals surface area contributed by atoms with Crippen molar-refractivity contribution < 1.29 is 14.7 Å². The number of hydrogen-bond donors (Lipinski definition) is 2. The lowest BCUT2D eigenvalue weighted by molar-refractivity contribution is -0.143. The van der Waals surface area contributed by atoms with Gasteiger partial charge in [-0.25, -0.2) is 4.79 Å². The van der Waals surface area contributed by atoms with Crippen LogP contribution >= 0.6 is 23.3 Å². The molecule has 2 rings (SSSR count). The SMILES string of the molecule is O=C(NC1(C(=O)O)CCSC1)c1cnns1. The van der Waals surface area contributed by atoms with Crippen molar-refractivity contribution in [3.05, 3.63) is 11.1 Å². The Kier molecular flexibility index (Phi) is 3.10. The van der Waals surface area contributed by atoms with E-state index in [-0.39, 0.29) is 0 Å². The van der Waals surface area contributed by atoms with Crippen molar-refractivity contribution in [2.75, 3.05) is 11.5 Å². The molecule has 6 nitrogen and oxygen atoms in total. The summed E-state index contributed by atoms with van der Waals surface area (Å²) in [5.74, 6) is -0.253. The maximum Gasteiger partial charge on any atom is 0.330 e. The van der Waals surface area contributed by atoms with E-state index < -0.39 is 17.4 Å². The number of carbonyl (C=O) groups is 2. The van der Waals surface area contributed by atoms with Crippen molar-refractivity contribution in [3.8, 4) is 0 Å². The Morgan fingerprint density at radius 1 is 1.56 bits per heavy atom. The molecule has 1 amide bonds. The predicted octanol–water partition coefficient (Wildman–Crippen LogP) is 0.228. The minimum absolute atomic E-state index is 0.331. The molecule has 16 heavy (non-hydrogen) atoms. The molecule has 1 unspecified atom stereocenters. The van der Waals surface area contributed by atoms with Gasteiger partial charge in [0.25, 0.3) is 5.91 Å². The summed E-state index contributed by atoms with van der Waals surface area (Å²) >= 11 is 2.48. The highest BCUT2D eigenvalue weighted by Crippen LogP contribution is 2.28. The van der Waals surface area contributed by atoms with Gasteiger partial charge in [0.2, 0.25) is 0 Å². The summed E-state index contributed by atoms with van der Waals surface area (Å²) in [6.07, 6.45) is 1.78. The summed E-state index contributed by atoms with van der Waals surface area (Å²) in [7, 11) is 0. The molecular weight excluding hydrogens is 250 g/mol. The van der Waals surface area contributed by atoms with Crippen LogP contribution in [0, 0.1) is 0 Å². The molecule has 0 saturated carbocycles. The molecule has 8 heteroatoms. The molecule has 1 saturated heterocycles. The topological polar surface area (TPSA) is 92.2 Å². The quantitative estimate of drug-likeness (QED) is 0.807. The molecule has 1 fully saturated rings. The molecule has 1 aliphatic rings. The van der Waals surface area contributed by atoms with Crippen LogP contribution < -0.4 is 5.32 Å². The lowest BCUT2D eigenvalue weighted by Crippen LogP contribution is -2.54. The van der Waals surface area contributed by atoms with Crippen LogP contribution in [0.2, 0.25) is 0 Å². The first-order valence-corrected chi connectivity index (χ1v) is 6.48. The van der Waals surface area contributed by atoms with Gasteiger partial charge in [-0.3, -0.25) is 4.79 Å². The number of amides is 1. The van der Waals surface area contributed by atoms with E-state index >= 15 is 0 Å². The molecule has 1 aliphatic heterocycles. The van der Waals surface area contributed by atoms with E-state index in [1.54, 1.807) is 0 Å². The standard InChI is InChI=1S/C8H9N3O3S2/c12-6(5-3-9-11-16-5)10-8(7(13)14)1-2-15-4-8/h3H,1-2,4H2,(H,10,12)(H,13,14). The Morgan fingerprint density at radius 3 is 2.88 bits per heavy atom. The number of thioether (sulfide) groups is 1. The molecule has 0 radical (unpaired) electrons. The number of hydrogen-bond acceptors (Lipinski definition) is 6. The number of carboxylic acid groups (broad SMARTS) is 1. The minimum atomic E-state index is -1.13. The zero-order valence-electron chi connectivity index (χ0n) is 8.17. The van der Waals surface area contributed by atoms with Crippen LogP contribution in [0.4, 0.5) is 0 Å². The lowest BCUT2D eigenvalue weighted by Gasteiger charge is -2.23. The van der Waals surface area contributed by atoms with Crippen molar-refractivity contribution in [3.63, 3.8) is 0 Å². The Bertz CT molecular complexity index is 401. The first-order valence-electron chi connectivity index (χ1n) is 4.55. The van der Waals surface area contributed by atoms with Gasteiger partial charge in [-0.1, -0.05) is 4.49 Å². The number of carbonyl (C=O) groups excluding carboxylic acids is 1. The number of aliphatic carboxylic acids is 1. The Labute approximate surface area is 99.6 Å². The van der Waals surface area contributed by atoms with Gasteiger partial charge >= 0.3 is 5.97 Å². The first-order chi connectivity index (χ1) is 7.64. The molecule has 2 heterocycles. The van der Waals surface area contributed by atoms with Crippen molar-refractivity contribution in [2.24, 2.45) is 0 Å². The fourth-order valence-corrected chi connectivity index (χ4v) is 3.17. The van der Waals surface area contributed by atoms with E-state index in [1.807, 2.05) is 0 Å². The Hall–Kier alpha value is -1.15. The first kappa shape index (κ1) is 11.3. The van der Waals surface area contributed by atoms with Crippen LogP contribution in [0.1, 0.15) is 16.1 Å². The Morgan fingerprint density at radius 2 is 2.38 bits per heavy atom. The zero-order valence-corrected chi connectivity index (χ0v) is 9.81. The zero-order chi connectivity index (χ0) is 11.6. The number of carboxylic acids is 1. The third-order valence-corrected chi connectivity index (χ3v) is 4.22. The number of aromatic nitrogens is 2. The maximum absolute atomic E-state index is 11.7. The van der Waals surface area contributed by atoms with E-state index in [9.17, 15) is 9.59 Å². The second-order valence-electron chi connectivity index (χ2n) is 3.43. The molecule has 0 bridgehead atoms. The summed E-state index contributed by atoms with van der Waals surface area (Å²) in [6, 6.07) is 0. The second-order valence-corrected chi connectivity index (χ2v) is 5.32. The fraction of sp³-hybridized carbons (Fsp3) is 0.500. The summed E-state index contributed by atoms with van der Waals surface area (Å²) in [6.45, 7) is 0. The smallest absolute Gasteiger partial charge is 0.330 e. The molecule has 2 N–H and O–H groups in total. The highest BCUT2D eigenvalue weighted by atomic mass is 32.2. The monoisotopic (exact) mass is 259 g/mol. The average molecular weight is 259 g/mol. The van der Waals surface area contributed by atoms with E-state index in [1.165, 1.54) is 18.0 Å². The van der Waals surface area contributed by atoms with Gasteiger partial charge in [-0.15, -0.1) is 5.10 Å². The largest absolute Gasteiger partial charge is 0.479 e. The van der Waals surface area contributed by atoms with E-state index in [0.29, 0.717) is 17.1 Å². The molecule has 1 aromatic heterocycles. The van der Waals surface area contributed by atoms with Crippen LogP contribution in [-0.2, 0) is 4.79 Å².